The van der Waals surface area contributed by atoms with E-state index < -0.39 is 0 Å². The minimum absolute atomic E-state index is 0.0306. The zero-order valence-electron chi connectivity index (χ0n) is 17.4. The molecule has 4 aromatic rings. The summed E-state index contributed by atoms with van der Waals surface area (Å²) in [7, 11) is 1.47. The molecule has 0 aliphatic rings. The fraction of sp³-hybridized carbons (Fsp3) is 0.125. The number of carbonyl (C=O) groups is 1. The maximum Gasteiger partial charge on any atom is 0.250 e. The van der Waals surface area contributed by atoms with E-state index in [9.17, 15) is 9.90 Å². The van der Waals surface area contributed by atoms with Crippen LogP contribution in [0.4, 0.5) is 0 Å². The second-order valence-corrected chi connectivity index (χ2v) is 7.88. The van der Waals surface area contributed by atoms with Crippen molar-refractivity contribution in [2.24, 2.45) is 5.10 Å². The summed E-state index contributed by atoms with van der Waals surface area (Å²) in [6.45, 7) is 0.665. The highest BCUT2D eigenvalue weighted by Crippen LogP contribution is 2.28. The number of ether oxygens (including phenoxy) is 1. The number of aromatic hydroxyl groups is 1. The van der Waals surface area contributed by atoms with Gasteiger partial charge in [0.2, 0.25) is 0 Å². The predicted octanol–water partition coefficient (Wildman–Crippen LogP) is 4.04. The summed E-state index contributed by atoms with van der Waals surface area (Å²) in [6.07, 6.45) is 1.38. The van der Waals surface area contributed by atoms with E-state index in [1.165, 1.54) is 25.1 Å². The molecule has 0 atom stereocenters. The molecule has 7 nitrogen and oxygen atoms in total. The van der Waals surface area contributed by atoms with Gasteiger partial charge in [0.25, 0.3) is 5.91 Å². The number of amides is 1. The number of benzene rings is 3. The van der Waals surface area contributed by atoms with E-state index >= 15 is 0 Å². The number of imidazole rings is 1. The molecular weight excluding hydrogens is 424 g/mol. The minimum Gasteiger partial charge on any atom is -0.504 e. The fourth-order valence-electron chi connectivity index (χ4n) is 3.23. The van der Waals surface area contributed by atoms with Gasteiger partial charge in [-0.25, -0.2) is 10.4 Å². The molecule has 1 amide bonds. The molecule has 2 N–H and O–H groups in total. The van der Waals surface area contributed by atoms with Gasteiger partial charge in [-0.15, -0.1) is 0 Å². The normalized spacial score (nSPS) is 11.2. The molecular formula is C24H22N4O3S. The molecule has 162 valence electrons. The summed E-state index contributed by atoms with van der Waals surface area (Å²) >= 11 is 1.35. The molecule has 0 fully saturated rings. The molecule has 4 rings (SSSR count). The Morgan fingerprint density at radius 1 is 1.12 bits per heavy atom. The number of para-hydroxylation sites is 3. The number of thioether (sulfide) groups is 1. The van der Waals surface area contributed by atoms with Crippen molar-refractivity contribution in [3.05, 3.63) is 83.9 Å². The molecule has 0 radical (unpaired) electrons. The van der Waals surface area contributed by atoms with Crippen LogP contribution in [0.2, 0.25) is 0 Å². The van der Waals surface area contributed by atoms with Crippen LogP contribution in [0, 0.1) is 0 Å². The highest BCUT2D eigenvalue weighted by molar-refractivity contribution is 7.99. The Hall–Kier alpha value is -3.78. The molecule has 0 aliphatic heterocycles. The van der Waals surface area contributed by atoms with Gasteiger partial charge in [0.15, 0.2) is 16.7 Å². The molecule has 0 aliphatic carbocycles. The van der Waals surface area contributed by atoms with Crippen molar-refractivity contribution >= 4 is 34.9 Å². The number of hydrogen-bond donors (Lipinski definition) is 2. The number of nitrogens with one attached hydrogen (secondary N) is 1. The number of methoxy groups -OCH3 is 1. The summed E-state index contributed by atoms with van der Waals surface area (Å²) in [5.41, 5.74) is 6.00. The van der Waals surface area contributed by atoms with Crippen LogP contribution in [0.5, 0.6) is 11.5 Å². The standard InChI is InChI=1S/C24H22N4O3S/c1-31-21-13-7-10-18(23(21)30)14-25-27-22(29)16-32-24-26-19-11-5-6-12-20(19)28(24)15-17-8-3-2-4-9-17/h2-14,30H,15-16H2,1H3,(H,27,29). The number of phenols is 1. The van der Waals surface area contributed by atoms with Crippen LogP contribution in [-0.4, -0.2) is 39.6 Å². The lowest BCUT2D eigenvalue weighted by Gasteiger charge is -2.09. The Morgan fingerprint density at radius 2 is 1.91 bits per heavy atom. The number of fused-ring (bicyclic) bond motifs is 1. The monoisotopic (exact) mass is 446 g/mol. The lowest BCUT2D eigenvalue weighted by molar-refractivity contribution is -0.118. The molecule has 8 heteroatoms. The highest BCUT2D eigenvalue weighted by atomic mass is 32.2. The summed E-state index contributed by atoms with van der Waals surface area (Å²) in [6, 6.07) is 23.1. The van der Waals surface area contributed by atoms with Gasteiger partial charge in [-0.3, -0.25) is 4.79 Å². The largest absolute Gasteiger partial charge is 0.504 e. The molecule has 3 aromatic carbocycles. The summed E-state index contributed by atoms with van der Waals surface area (Å²) < 4.78 is 7.18. The van der Waals surface area contributed by atoms with E-state index in [0.29, 0.717) is 17.9 Å². The molecule has 0 unspecified atom stereocenters. The smallest absolute Gasteiger partial charge is 0.250 e. The fourth-order valence-corrected chi connectivity index (χ4v) is 4.03. The second-order valence-electron chi connectivity index (χ2n) is 6.93. The Kier molecular flexibility index (Phi) is 6.72. The van der Waals surface area contributed by atoms with Gasteiger partial charge in [0.05, 0.1) is 36.7 Å². The maximum atomic E-state index is 12.3. The number of hydrazone groups is 1. The van der Waals surface area contributed by atoms with Crippen molar-refractivity contribution in [3.63, 3.8) is 0 Å². The van der Waals surface area contributed by atoms with Crippen molar-refractivity contribution in [1.29, 1.82) is 0 Å². The third-order valence-electron chi connectivity index (χ3n) is 4.78. The molecule has 1 heterocycles. The van der Waals surface area contributed by atoms with Gasteiger partial charge in [-0.1, -0.05) is 60.3 Å². The Bertz CT molecular complexity index is 1250. The molecule has 0 spiro atoms. The van der Waals surface area contributed by atoms with Crippen LogP contribution < -0.4 is 10.2 Å². The first-order chi connectivity index (χ1) is 15.7. The van der Waals surface area contributed by atoms with E-state index in [1.54, 1.807) is 18.2 Å². The van der Waals surface area contributed by atoms with Crippen molar-refractivity contribution in [3.8, 4) is 11.5 Å². The molecule has 1 aromatic heterocycles. The number of hydrogen-bond acceptors (Lipinski definition) is 6. The summed E-state index contributed by atoms with van der Waals surface area (Å²) in [4.78, 5) is 17.0. The first kappa shape index (κ1) is 21.5. The van der Waals surface area contributed by atoms with E-state index in [0.717, 1.165) is 21.8 Å². The Morgan fingerprint density at radius 3 is 2.72 bits per heavy atom. The van der Waals surface area contributed by atoms with Crippen molar-refractivity contribution in [1.82, 2.24) is 15.0 Å². The van der Waals surface area contributed by atoms with E-state index in [-0.39, 0.29) is 17.4 Å². The van der Waals surface area contributed by atoms with Crippen LogP contribution in [-0.2, 0) is 11.3 Å². The molecule has 0 saturated heterocycles. The van der Waals surface area contributed by atoms with Crippen LogP contribution >= 0.6 is 11.8 Å². The van der Waals surface area contributed by atoms with Crippen molar-refractivity contribution in [2.45, 2.75) is 11.7 Å². The van der Waals surface area contributed by atoms with E-state index in [4.69, 9.17) is 9.72 Å². The maximum absolute atomic E-state index is 12.3. The van der Waals surface area contributed by atoms with Gasteiger partial charge in [0.1, 0.15) is 0 Å². The lowest BCUT2D eigenvalue weighted by Crippen LogP contribution is -2.20. The molecule has 0 bridgehead atoms. The predicted molar refractivity (Wildman–Crippen MR) is 126 cm³/mol. The first-order valence-corrected chi connectivity index (χ1v) is 10.9. The first-order valence-electron chi connectivity index (χ1n) is 9.95. The Labute approximate surface area is 189 Å². The minimum atomic E-state index is -0.271. The Balaban J connectivity index is 1.44. The zero-order chi connectivity index (χ0) is 22.3. The average molecular weight is 447 g/mol. The topological polar surface area (TPSA) is 88.7 Å². The average Bonchev–Trinajstić information content (AvgIpc) is 3.17. The van der Waals surface area contributed by atoms with Crippen molar-refractivity contribution in [2.75, 3.05) is 12.9 Å². The van der Waals surface area contributed by atoms with Gasteiger partial charge >= 0.3 is 0 Å². The summed E-state index contributed by atoms with van der Waals surface area (Å²) in [5, 5.41) is 14.8. The third-order valence-corrected chi connectivity index (χ3v) is 5.75. The highest BCUT2D eigenvalue weighted by Gasteiger charge is 2.13. The number of aromatic nitrogens is 2. The van der Waals surface area contributed by atoms with Gasteiger partial charge < -0.3 is 14.4 Å². The lowest BCUT2D eigenvalue weighted by atomic mass is 10.2. The quantitative estimate of drug-likeness (QED) is 0.242. The zero-order valence-corrected chi connectivity index (χ0v) is 18.2. The van der Waals surface area contributed by atoms with E-state index in [2.05, 4.69) is 27.2 Å². The molecule has 32 heavy (non-hydrogen) atoms. The SMILES string of the molecule is COc1cccc(C=NNC(=O)CSc2nc3ccccc3n2Cc2ccccc2)c1O. The van der Waals surface area contributed by atoms with Gasteiger partial charge in [-0.05, 0) is 29.8 Å². The van der Waals surface area contributed by atoms with Gasteiger partial charge in [0, 0.05) is 5.56 Å². The second kappa shape index (κ2) is 10.0. The van der Waals surface area contributed by atoms with Crippen LogP contribution in [0.25, 0.3) is 11.0 Å². The number of rotatable bonds is 8. The number of nitrogens with zero attached hydrogens (tertiary/aromatic N) is 3. The van der Waals surface area contributed by atoms with Crippen LogP contribution in [0.15, 0.2) is 83.1 Å². The molecule has 0 saturated carbocycles. The van der Waals surface area contributed by atoms with Crippen LogP contribution in [0.3, 0.4) is 0 Å². The number of carbonyl (C=O) groups excluding carboxylic acids is 1. The van der Waals surface area contributed by atoms with Crippen LogP contribution in [0.1, 0.15) is 11.1 Å². The van der Waals surface area contributed by atoms with E-state index in [1.807, 2.05) is 42.5 Å². The van der Waals surface area contributed by atoms with Crippen molar-refractivity contribution < 1.29 is 14.6 Å². The number of phenolic OH excluding ortho intramolecular Hbond substituents is 1. The van der Waals surface area contributed by atoms with Gasteiger partial charge in [-0.2, -0.15) is 5.10 Å². The summed E-state index contributed by atoms with van der Waals surface area (Å²) in [5.74, 6) is 0.191. The third kappa shape index (κ3) is 4.92.